The summed E-state index contributed by atoms with van der Waals surface area (Å²) >= 11 is 0. The molecule has 0 amide bonds. The van der Waals surface area contributed by atoms with Crippen molar-refractivity contribution < 1.29 is 4.42 Å². The highest BCUT2D eigenvalue weighted by Crippen LogP contribution is 2.32. The predicted molar refractivity (Wildman–Crippen MR) is 69.6 cm³/mol. The van der Waals surface area contributed by atoms with Crippen molar-refractivity contribution in [3.63, 3.8) is 0 Å². The SMILES string of the molecule is CC(C)C1CCN(C(c2ccco2)C(C)N)C1. The second-order valence-corrected chi connectivity index (χ2v) is 5.61. The zero-order valence-electron chi connectivity index (χ0n) is 11.1. The van der Waals surface area contributed by atoms with Crippen LogP contribution in [0.3, 0.4) is 0 Å². The van der Waals surface area contributed by atoms with Crippen LogP contribution in [-0.2, 0) is 0 Å². The van der Waals surface area contributed by atoms with E-state index in [2.05, 4.69) is 25.7 Å². The summed E-state index contributed by atoms with van der Waals surface area (Å²) in [6.07, 6.45) is 3.02. The molecule has 1 fully saturated rings. The predicted octanol–water partition coefficient (Wildman–Crippen LogP) is 2.65. The van der Waals surface area contributed by atoms with Crippen molar-refractivity contribution >= 4 is 0 Å². The standard InChI is InChI=1S/C14H24N2O/c1-10(2)12-6-7-16(9-12)14(11(3)15)13-5-4-8-17-13/h4-5,8,10-12,14H,6-7,9,15H2,1-3H3. The number of hydrogen-bond acceptors (Lipinski definition) is 3. The first-order chi connectivity index (χ1) is 8.09. The summed E-state index contributed by atoms with van der Waals surface area (Å²) < 4.78 is 5.54. The van der Waals surface area contributed by atoms with Gasteiger partial charge in [0, 0.05) is 12.6 Å². The van der Waals surface area contributed by atoms with Gasteiger partial charge in [-0.3, -0.25) is 4.90 Å². The van der Waals surface area contributed by atoms with Crippen molar-refractivity contribution in [3.8, 4) is 0 Å². The topological polar surface area (TPSA) is 42.4 Å². The largest absolute Gasteiger partial charge is 0.468 e. The van der Waals surface area contributed by atoms with Crippen molar-refractivity contribution in [2.75, 3.05) is 13.1 Å². The Morgan fingerprint density at radius 1 is 1.41 bits per heavy atom. The molecular weight excluding hydrogens is 212 g/mol. The third-order valence-corrected chi connectivity index (χ3v) is 3.93. The average Bonchev–Trinajstić information content (AvgIpc) is 2.88. The maximum atomic E-state index is 6.13. The van der Waals surface area contributed by atoms with E-state index in [-0.39, 0.29) is 12.1 Å². The molecule has 3 unspecified atom stereocenters. The molecular formula is C14H24N2O. The van der Waals surface area contributed by atoms with E-state index >= 15 is 0 Å². The highest BCUT2D eigenvalue weighted by atomic mass is 16.3. The highest BCUT2D eigenvalue weighted by Gasteiger charge is 2.33. The number of likely N-dealkylation sites (tertiary alicyclic amines) is 1. The Kier molecular flexibility index (Phi) is 3.89. The van der Waals surface area contributed by atoms with Crippen LogP contribution in [0.25, 0.3) is 0 Å². The van der Waals surface area contributed by atoms with E-state index in [0.29, 0.717) is 0 Å². The molecule has 3 atom stereocenters. The van der Waals surface area contributed by atoms with Crippen LogP contribution in [0, 0.1) is 11.8 Å². The number of nitrogens with zero attached hydrogens (tertiary/aromatic N) is 1. The second-order valence-electron chi connectivity index (χ2n) is 5.61. The Bertz CT molecular complexity index is 332. The van der Waals surface area contributed by atoms with Crippen molar-refractivity contribution in [2.24, 2.45) is 17.6 Å². The third-order valence-electron chi connectivity index (χ3n) is 3.93. The molecule has 1 aromatic rings. The van der Waals surface area contributed by atoms with Gasteiger partial charge >= 0.3 is 0 Å². The fourth-order valence-electron chi connectivity index (χ4n) is 2.84. The van der Waals surface area contributed by atoms with Crippen LogP contribution in [0.15, 0.2) is 22.8 Å². The van der Waals surface area contributed by atoms with Crippen LogP contribution in [0.5, 0.6) is 0 Å². The lowest BCUT2D eigenvalue weighted by atomic mass is 9.95. The van der Waals surface area contributed by atoms with E-state index in [1.165, 1.54) is 6.42 Å². The average molecular weight is 236 g/mol. The van der Waals surface area contributed by atoms with Gasteiger partial charge in [-0.1, -0.05) is 13.8 Å². The van der Waals surface area contributed by atoms with Gasteiger partial charge in [0.2, 0.25) is 0 Å². The van der Waals surface area contributed by atoms with E-state index in [0.717, 1.165) is 30.7 Å². The van der Waals surface area contributed by atoms with Crippen LogP contribution < -0.4 is 5.73 Å². The molecule has 3 heteroatoms. The summed E-state index contributed by atoms with van der Waals surface area (Å²) in [6, 6.07) is 4.32. The molecule has 2 heterocycles. The molecule has 1 aliphatic heterocycles. The molecule has 17 heavy (non-hydrogen) atoms. The minimum Gasteiger partial charge on any atom is -0.468 e. The van der Waals surface area contributed by atoms with E-state index in [4.69, 9.17) is 10.2 Å². The lowest BCUT2D eigenvalue weighted by Gasteiger charge is -2.29. The van der Waals surface area contributed by atoms with E-state index < -0.39 is 0 Å². The molecule has 0 saturated carbocycles. The first kappa shape index (κ1) is 12.7. The highest BCUT2D eigenvalue weighted by molar-refractivity contribution is 5.08. The van der Waals surface area contributed by atoms with Crippen LogP contribution in [0.2, 0.25) is 0 Å². The monoisotopic (exact) mass is 236 g/mol. The first-order valence-electron chi connectivity index (χ1n) is 6.62. The molecule has 0 aromatic carbocycles. The molecule has 0 aliphatic carbocycles. The molecule has 1 aliphatic rings. The van der Waals surface area contributed by atoms with Crippen LogP contribution >= 0.6 is 0 Å². The number of hydrogen-bond donors (Lipinski definition) is 1. The van der Waals surface area contributed by atoms with Gasteiger partial charge in [-0.15, -0.1) is 0 Å². The molecule has 2 N–H and O–H groups in total. The number of furan rings is 1. The fraction of sp³-hybridized carbons (Fsp3) is 0.714. The van der Waals surface area contributed by atoms with Gasteiger partial charge < -0.3 is 10.2 Å². The Labute approximate surface area is 104 Å². The minimum atomic E-state index is 0.104. The van der Waals surface area contributed by atoms with Gasteiger partial charge in [-0.05, 0) is 43.9 Å². The molecule has 96 valence electrons. The zero-order valence-corrected chi connectivity index (χ0v) is 11.1. The van der Waals surface area contributed by atoms with E-state index in [1.54, 1.807) is 6.26 Å². The first-order valence-corrected chi connectivity index (χ1v) is 6.62. The summed E-state index contributed by atoms with van der Waals surface area (Å²) in [6.45, 7) is 8.96. The Balaban J connectivity index is 2.09. The summed E-state index contributed by atoms with van der Waals surface area (Å²) in [5.41, 5.74) is 6.13. The Morgan fingerprint density at radius 3 is 2.65 bits per heavy atom. The molecule has 0 radical (unpaired) electrons. The van der Waals surface area contributed by atoms with E-state index in [1.807, 2.05) is 12.1 Å². The molecule has 1 aromatic heterocycles. The van der Waals surface area contributed by atoms with Gasteiger partial charge in [-0.2, -0.15) is 0 Å². The Hall–Kier alpha value is -0.800. The molecule has 0 bridgehead atoms. The van der Waals surface area contributed by atoms with Crippen LogP contribution in [0.1, 0.15) is 39.0 Å². The van der Waals surface area contributed by atoms with Gasteiger partial charge in [0.1, 0.15) is 5.76 Å². The summed E-state index contributed by atoms with van der Waals surface area (Å²) in [7, 11) is 0. The molecule has 2 rings (SSSR count). The van der Waals surface area contributed by atoms with Crippen LogP contribution in [-0.4, -0.2) is 24.0 Å². The van der Waals surface area contributed by atoms with Crippen LogP contribution in [0.4, 0.5) is 0 Å². The second kappa shape index (κ2) is 5.23. The molecule has 0 spiro atoms. The smallest absolute Gasteiger partial charge is 0.122 e. The van der Waals surface area contributed by atoms with Gasteiger partial charge in [0.15, 0.2) is 0 Å². The van der Waals surface area contributed by atoms with Gasteiger partial charge in [-0.25, -0.2) is 0 Å². The fourth-order valence-corrected chi connectivity index (χ4v) is 2.84. The van der Waals surface area contributed by atoms with Crippen molar-refractivity contribution in [1.29, 1.82) is 0 Å². The normalized spacial score (nSPS) is 25.4. The summed E-state index contributed by atoms with van der Waals surface area (Å²) in [5, 5.41) is 0. The molecule has 3 nitrogen and oxygen atoms in total. The number of nitrogens with two attached hydrogens (primary N) is 1. The van der Waals surface area contributed by atoms with Gasteiger partial charge in [0.05, 0.1) is 12.3 Å². The Morgan fingerprint density at radius 2 is 2.18 bits per heavy atom. The van der Waals surface area contributed by atoms with Crippen molar-refractivity contribution in [3.05, 3.63) is 24.2 Å². The maximum absolute atomic E-state index is 6.13. The number of rotatable bonds is 4. The maximum Gasteiger partial charge on any atom is 0.122 e. The third kappa shape index (κ3) is 2.72. The lowest BCUT2D eigenvalue weighted by molar-refractivity contribution is 0.179. The summed E-state index contributed by atoms with van der Waals surface area (Å²) in [5.74, 6) is 2.56. The zero-order chi connectivity index (χ0) is 12.4. The minimum absolute atomic E-state index is 0.104. The van der Waals surface area contributed by atoms with Crippen molar-refractivity contribution in [2.45, 2.75) is 39.3 Å². The molecule has 1 saturated heterocycles. The lowest BCUT2D eigenvalue weighted by Crippen LogP contribution is -2.38. The summed E-state index contributed by atoms with van der Waals surface area (Å²) in [4.78, 5) is 2.48. The van der Waals surface area contributed by atoms with E-state index in [9.17, 15) is 0 Å². The van der Waals surface area contributed by atoms with Crippen molar-refractivity contribution in [1.82, 2.24) is 4.90 Å². The quantitative estimate of drug-likeness (QED) is 0.874. The van der Waals surface area contributed by atoms with Gasteiger partial charge in [0.25, 0.3) is 0 Å².